The summed E-state index contributed by atoms with van der Waals surface area (Å²) in [6.07, 6.45) is -4.44. The lowest BCUT2D eigenvalue weighted by Crippen LogP contribution is -2.15. The van der Waals surface area contributed by atoms with Gasteiger partial charge in [-0.1, -0.05) is 0 Å². The average molecular weight is 376 g/mol. The Labute approximate surface area is 149 Å². The number of phenolic OH excluding ortho intramolecular Hbond substituents is 1. The number of nitrogens with zero attached hydrogens (tertiary/aromatic N) is 2. The van der Waals surface area contributed by atoms with Crippen LogP contribution in [0.4, 0.5) is 13.2 Å². The lowest BCUT2D eigenvalue weighted by atomic mass is 10.1. The molecule has 0 spiro atoms. The number of aromatic hydroxyl groups is 1. The average Bonchev–Trinajstić information content (AvgIpc) is 2.93. The highest BCUT2D eigenvalue weighted by Gasteiger charge is 2.30. The molecule has 8 heteroatoms. The first kappa shape index (κ1) is 16.6. The van der Waals surface area contributed by atoms with Gasteiger partial charge in [-0.15, -0.1) is 11.3 Å². The monoisotopic (exact) mass is 376 g/mol. The van der Waals surface area contributed by atoms with E-state index in [1.165, 1.54) is 29.5 Å². The standard InChI is InChI=1S/C18H11F3N2O2S/c1-9-15-16(13-8-12(24)6-7-14(13)26-9)22-23(17(15)25)11-4-2-10(3-5-11)18(19,20)21/h2-8,24H,1H3. The molecule has 2 heterocycles. The molecule has 4 rings (SSSR count). The van der Waals surface area contributed by atoms with Gasteiger partial charge in [0.2, 0.25) is 0 Å². The summed E-state index contributed by atoms with van der Waals surface area (Å²) in [7, 11) is 0. The molecule has 2 aromatic rings. The van der Waals surface area contributed by atoms with Crippen LogP contribution in [0.25, 0.3) is 27.0 Å². The fourth-order valence-electron chi connectivity index (χ4n) is 2.88. The van der Waals surface area contributed by atoms with Gasteiger partial charge in [-0.2, -0.15) is 23.0 Å². The van der Waals surface area contributed by atoms with E-state index in [1.54, 1.807) is 19.1 Å². The Hall–Kier alpha value is -2.87. The first-order valence-corrected chi connectivity index (χ1v) is 8.40. The molecular weight excluding hydrogens is 365 g/mol. The van der Waals surface area contributed by atoms with Crippen molar-refractivity contribution in [3.63, 3.8) is 0 Å². The topological polar surface area (TPSA) is 55.1 Å². The van der Waals surface area contributed by atoms with E-state index < -0.39 is 17.3 Å². The quantitative estimate of drug-likeness (QED) is 0.529. The molecule has 0 radical (unpaired) electrons. The van der Waals surface area contributed by atoms with Crippen LogP contribution in [-0.4, -0.2) is 14.9 Å². The second-order valence-electron chi connectivity index (χ2n) is 5.82. The van der Waals surface area contributed by atoms with Crippen LogP contribution in [0, 0.1) is 6.92 Å². The SMILES string of the molecule is Cc1sc2ccc(O)cc2c2nn(-c3ccc(C(F)(F)F)cc3)c(=O)c1-2. The number of alkyl halides is 3. The third-order valence-corrected chi connectivity index (χ3v) is 5.20. The van der Waals surface area contributed by atoms with Crippen molar-refractivity contribution < 1.29 is 18.3 Å². The molecule has 132 valence electrons. The van der Waals surface area contributed by atoms with Crippen molar-refractivity contribution >= 4 is 21.4 Å². The van der Waals surface area contributed by atoms with Gasteiger partial charge in [0.1, 0.15) is 11.4 Å². The van der Waals surface area contributed by atoms with Crippen molar-refractivity contribution in [2.24, 2.45) is 0 Å². The summed E-state index contributed by atoms with van der Waals surface area (Å²) in [4.78, 5) is 13.5. The van der Waals surface area contributed by atoms with E-state index in [-0.39, 0.29) is 11.4 Å². The van der Waals surface area contributed by atoms with E-state index in [0.717, 1.165) is 26.4 Å². The Balaban J connectivity index is 1.97. The molecule has 0 amide bonds. The summed E-state index contributed by atoms with van der Waals surface area (Å²) in [6.45, 7) is 1.79. The summed E-state index contributed by atoms with van der Waals surface area (Å²) < 4.78 is 40.1. The molecule has 0 aliphatic carbocycles. The van der Waals surface area contributed by atoms with E-state index in [2.05, 4.69) is 5.10 Å². The van der Waals surface area contributed by atoms with E-state index in [9.17, 15) is 23.1 Å². The molecule has 0 aromatic heterocycles. The number of phenols is 1. The highest BCUT2D eigenvalue weighted by Crippen LogP contribution is 2.36. The van der Waals surface area contributed by atoms with Crippen molar-refractivity contribution in [1.29, 1.82) is 0 Å². The van der Waals surface area contributed by atoms with Gasteiger partial charge in [0, 0.05) is 15.0 Å². The molecule has 1 N–H and O–H groups in total. The molecule has 0 unspecified atom stereocenters. The van der Waals surface area contributed by atoms with E-state index >= 15 is 0 Å². The number of hydrogen-bond donors (Lipinski definition) is 1. The van der Waals surface area contributed by atoms with Crippen LogP contribution >= 0.6 is 11.3 Å². The molecule has 0 fully saturated rings. The minimum absolute atomic E-state index is 0.0476. The van der Waals surface area contributed by atoms with Crippen LogP contribution in [0.3, 0.4) is 0 Å². The fourth-order valence-corrected chi connectivity index (χ4v) is 3.90. The van der Waals surface area contributed by atoms with Gasteiger partial charge in [0.05, 0.1) is 16.8 Å². The number of aryl methyl sites for hydroxylation is 1. The van der Waals surface area contributed by atoms with E-state index in [1.807, 2.05) is 0 Å². The zero-order valence-corrected chi connectivity index (χ0v) is 14.1. The predicted octanol–water partition coefficient (Wildman–Crippen LogP) is 4.58. The number of halogens is 3. The molecule has 0 atom stereocenters. The minimum Gasteiger partial charge on any atom is -0.508 e. The summed E-state index contributed by atoms with van der Waals surface area (Å²) in [5.41, 5.74) is -0.139. The molecule has 4 nitrogen and oxygen atoms in total. The van der Waals surface area contributed by atoms with E-state index in [0.29, 0.717) is 16.6 Å². The summed E-state index contributed by atoms with van der Waals surface area (Å²) in [5.74, 6) is 0.0476. The zero-order valence-electron chi connectivity index (χ0n) is 13.3. The van der Waals surface area contributed by atoms with Gasteiger partial charge in [-0.3, -0.25) is 4.79 Å². The highest BCUT2D eigenvalue weighted by atomic mass is 32.1. The van der Waals surface area contributed by atoms with Crippen molar-refractivity contribution in [2.45, 2.75) is 13.1 Å². The predicted molar refractivity (Wildman–Crippen MR) is 93.2 cm³/mol. The third-order valence-electron chi connectivity index (χ3n) is 4.12. The number of fused-ring (bicyclic) bond motifs is 3. The lowest BCUT2D eigenvalue weighted by molar-refractivity contribution is -0.137. The largest absolute Gasteiger partial charge is 0.508 e. The summed E-state index contributed by atoms with van der Waals surface area (Å²) >= 11 is 1.40. The van der Waals surface area contributed by atoms with Gasteiger partial charge in [0.15, 0.2) is 0 Å². The lowest BCUT2D eigenvalue weighted by Gasteiger charge is -2.07. The number of hydrogen-bond acceptors (Lipinski definition) is 4. The Bertz CT molecular complexity index is 1160. The molecule has 0 saturated heterocycles. The molecule has 2 aromatic carbocycles. The fraction of sp³-hybridized carbons (Fsp3) is 0.111. The minimum atomic E-state index is -4.44. The second-order valence-corrected chi connectivity index (χ2v) is 7.08. The second kappa shape index (κ2) is 5.57. The van der Waals surface area contributed by atoms with Crippen molar-refractivity contribution in [3.8, 4) is 22.7 Å². The van der Waals surface area contributed by atoms with Crippen LogP contribution in [0.15, 0.2) is 47.3 Å². The molecule has 2 aliphatic heterocycles. The Morgan fingerprint density at radius 3 is 2.46 bits per heavy atom. The van der Waals surface area contributed by atoms with Crippen LogP contribution in [0.1, 0.15) is 10.4 Å². The summed E-state index contributed by atoms with van der Waals surface area (Å²) in [5, 5.41) is 14.7. The molecule has 2 aliphatic rings. The Kier molecular flexibility index (Phi) is 3.55. The third kappa shape index (κ3) is 2.53. The van der Waals surface area contributed by atoms with Crippen LogP contribution in [0.5, 0.6) is 5.75 Å². The highest BCUT2D eigenvalue weighted by molar-refractivity contribution is 7.18. The maximum absolute atomic E-state index is 12.8. The molecule has 0 bridgehead atoms. The van der Waals surface area contributed by atoms with Gasteiger partial charge in [0.25, 0.3) is 5.56 Å². The van der Waals surface area contributed by atoms with E-state index in [4.69, 9.17) is 0 Å². The maximum atomic E-state index is 12.8. The molecular formula is C18H11F3N2O2S. The van der Waals surface area contributed by atoms with Crippen molar-refractivity contribution in [1.82, 2.24) is 9.78 Å². The first-order valence-electron chi connectivity index (χ1n) is 7.58. The molecule has 0 saturated carbocycles. The zero-order chi connectivity index (χ0) is 18.6. The van der Waals surface area contributed by atoms with Gasteiger partial charge in [-0.05, 0) is 49.4 Å². The normalized spacial score (nSPS) is 12.2. The van der Waals surface area contributed by atoms with Crippen molar-refractivity contribution in [2.75, 3.05) is 0 Å². The Morgan fingerprint density at radius 2 is 1.81 bits per heavy atom. The van der Waals surface area contributed by atoms with Crippen LogP contribution in [0.2, 0.25) is 0 Å². The number of benzene rings is 2. The number of rotatable bonds is 1. The smallest absolute Gasteiger partial charge is 0.416 e. The van der Waals surface area contributed by atoms with Gasteiger partial charge < -0.3 is 5.11 Å². The van der Waals surface area contributed by atoms with Gasteiger partial charge in [-0.25, -0.2) is 0 Å². The first-order chi connectivity index (χ1) is 12.3. The molecule has 26 heavy (non-hydrogen) atoms. The van der Waals surface area contributed by atoms with Crippen LogP contribution < -0.4 is 5.56 Å². The maximum Gasteiger partial charge on any atom is 0.416 e. The van der Waals surface area contributed by atoms with Gasteiger partial charge >= 0.3 is 6.18 Å². The Morgan fingerprint density at radius 1 is 1.12 bits per heavy atom. The summed E-state index contributed by atoms with van der Waals surface area (Å²) in [6, 6.07) is 9.08. The van der Waals surface area contributed by atoms with Crippen LogP contribution in [-0.2, 0) is 6.18 Å². The van der Waals surface area contributed by atoms with Crippen molar-refractivity contribution in [3.05, 3.63) is 63.3 Å². The number of aromatic nitrogens is 2.